The van der Waals surface area contributed by atoms with E-state index in [2.05, 4.69) is 29.1 Å². The highest BCUT2D eigenvalue weighted by molar-refractivity contribution is 5.98. The number of likely N-dealkylation sites (tertiary alicyclic amines) is 1. The number of halogens is 1. The first-order valence-electron chi connectivity index (χ1n) is 12.0. The molecule has 182 valence electrons. The molecule has 3 aromatic carbocycles. The maximum absolute atomic E-state index is 14.6. The van der Waals surface area contributed by atoms with Crippen molar-refractivity contribution in [2.45, 2.75) is 39.8 Å². The highest BCUT2D eigenvalue weighted by atomic mass is 19.1. The number of aryl methyl sites for hydroxylation is 1. The van der Waals surface area contributed by atoms with E-state index in [0.717, 1.165) is 36.3 Å². The van der Waals surface area contributed by atoms with Crippen LogP contribution in [-0.4, -0.2) is 34.8 Å². The van der Waals surface area contributed by atoms with E-state index in [1.165, 1.54) is 17.2 Å². The van der Waals surface area contributed by atoms with Gasteiger partial charge in [-0.05, 0) is 66.3 Å². The minimum Gasteiger partial charge on any atom is -0.481 e. The number of hydrogen-bond acceptors (Lipinski definition) is 4. The molecule has 0 aliphatic carbocycles. The van der Waals surface area contributed by atoms with Gasteiger partial charge in [0.05, 0.1) is 11.6 Å². The zero-order chi connectivity index (χ0) is 24.8. The zero-order valence-corrected chi connectivity index (χ0v) is 20.2. The van der Waals surface area contributed by atoms with Gasteiger partial charge < -0.3 is 9.94 Å². The molecule has 0 saturated carbocycles. The van der Waals surface area contributed by atoms with Gasteiger partial charge in [0.1, 0.15) is 12.4 Å². The minimum absolute atomic E-state index is 0.182. The van der Waals surface area contributed by atoms with Crippen LogP contribution in [0, 0.1) is 11.7 Å². The quantitative estimate of drug-likeness (QED) is 0.310. The van der Waals surface area contributed by atoms with Gasteiger partial charge in [0.2, 0.25) is 0 Å². The highest BCUT2D eigenvalue weighted by Crippen LogP contribution is 2.24. The van der Waals surface area contributed by atoms with Crippen LogP contribution in [0.25, 0.3) is 11.1 Å². The number of benzene rings is 3. The largest absolute Gasteiger partial charge is 0.481 e. The number of oxime groups is 1. The predicted octanol–water partition coefficient (Wildman–Crippen LogP) is 5.90. The summed E-state index contributed by atoms with van der Waals surface area (Å²) in [5.41, 5.74) is 6.27. The van der Waals surface area contributed by atoms with E-state index in [0.29, 0.717) is 24.1 Å². The fourth-order valence-corrected chi connectivity index (χ4v) is 4.51. The van der Waals surface area contributed by atoms with Gasteiger partial charge in [0.15, 0.2) is 0 Å². The number of hydrogen-bond donors (Lipinski definition) is 1. The lowest BCUT2D eigenvalue weighted by atomic mass is 9.99. The molecule has 35 heavy (non-hydrogen) atoms. The Morgan fingerprint density at radius 2 is 1.91 bits per heavy atom. The van der Waals surface area contributed by atoms with E-state index in [1.54, 1.807) is 6.07 Å². The van der Waals surface area contributed by atoms with Crippen molar-refractivity contribution in [1.29, 1.82) is 0 Å². The molecule has 1 atom stereocenters. The van der Waals surface area contributed by atoms with E-state index in [-0.39, 0.29) is 18.3 Å². The second-order valence-corrected chi connectivity index (χ2v) is 9.03. The third-order valence-corrected chi connectivity index (χ3v) is 6.57. The fraction of sp³-hybridized carbons (Fsp3) is 0.310. The molecule has 0 amide bonds. The Morgan fingerprint density at radius 3 is 2.60 bits per heavy atom. The molecular weight excluding hydrogens is 443 g/mol. The summed E-state index contributed by atoms with van der Waals surface area (Å²) in [5.74, 6) is -1.26. The molecule has 0 spiro atoms. The van der Waals surface area contributed by atoms with Crippen LogP contribution in [0.3, 0.4) is 0 Å². The maximum atomic E-state index is 14.6. The molecule has 1 saturated heterocycles. The lowest BCUT2D eigenvalue weighted by Crippen LogP contribution is -2.23. The SMILES string of the molecule is CCc1cc(/C(C)=N/OCc2ccc(-c3ccccc3)c(F)c2)ccc1CN1CC[C@H](C(=O)O)C1. The molecule has 1 aliphatic rings. The van der Waals surface area contributed by atoms with E-state index in [1.807, 2.05) is 49.4 Å². The number of carbonyl (C=O) groups is 1. The Morgan fingerprint density at radius 1 is 1.11 bits per heavy atom. The summed E-state index contributed by atoms with van der Waals surface area (Å²) in [7, 11) is 0. The van der Waals surface area contributed by atoms with Crippen molar-refractivity contribution in [2.75, 3.05) is 13.1 Å². The summed E-state index contributed by atoms with van der Waals surface area (Å²) >= 11 is 0. The molecule has 0 aromatic heterocycles. The molecular formula is C29H31FN2O3. The molecule has 3 aromatic rings. The summed E-state index contributed by atoms with van der Waals surface area (Å²) in [6.07, 6.45) is 1.58. The Labute approximate surface area is 205 Å². The van der Waals surface area contributed by atoms with Crippen LogP contribution in [0.2, 0.25) is 0 Å². The molecule has 6 heteroatoms. The van der Waals surface area contributed by atoms with Crippen molar-refractivity contribution >= 4 is 11.7 Å². The van der Waals surface area contributed by atoms with Gasteiger partial charge in [0, 0.05) is 18.7 Å². The average molecular weight is 475 g/mol. The minimum atomic E-state index is -0.708. The number of aliphatic carboxylic acids is 1. The van der Waals surface area contributed by atoms with Gasteiger partial charge >= 0.3 is 5.97 Å². The van der Waals surface area contributed by atoms with Crippen LogP contribution in [0.1, 0.15) is 42.5 Å². The number of carboxylic acids is 1. The molecule has 0 radical (unpaired) electrons. The van der Waals surface area contributed by atoms with Crippen molar-refractivity contribution in [3.8, 4) is 11.1 Å². The number of nitrogens with zero attached hydrogens (tertiary/aromatic N) is 2. The molecule has 1 N–H and O–H groups in total. The molecule has 4 rings (SSSR count). The smallest absolute Gasteiger partial charge is 0.307 e. The van der Waals surface area contributed by atoms with Crippen LogP contribution in [0.4, 0.5) is 4.39 Å². The molecule has 0 bridgehead atoms. The van der Waals surface area contributed by atoms with Crippen molar-refractivity contribution in [3.05, 3.63) is 94.8 Å². The van der Waals surface area contributed by atoms with Crippen LogP contribution in [-0.2, 0) is 29.2 Å². The van der Waals surface area contributed by atoms with Gasteiger partial charge in [-0.15, -0.1) is 0 Å². The van der Waals surface area contributed by atoms with Gasteiger partial charge in [-0.25, -0.2) is 4.39 Å². The summed E-state index contributed by atoms with van der Waals surface area (Å²) in [6, 6.07) is 20.8. The van der Waals surface area contributed by atoms with Crippen LogP contribution >= 0.6 is 0 Å². The van der Waals surface area contributed by atoms with E-state index >= 15 is 0 Å². The van der Waals surface area contributed by atoms with E-state index in [9.17, 15) is 14.3 Å². The first-order valence-corrected chi connectivity index (χ1v) is 12.0. The van der Waals surface area contributed by atoms with Crippen molar-refractivity contribution in [1.82, 2.24) is 4.90 Å². The van der Waals surface area contributed by atoms with Gasteiger partial charge in [-0.1, -0.05) is 66.7 Å². The second-order valence-electron chi connectivity index (χ2n) is 9.03. The molecule has 5 nitrogen and oxygen atoms in total. The van der Waals surface area contributed by atoms with Crippen molar-refractivity contribution in [2.24, 2.45) is 11.1 Å². The fourth-order valence-electron chi connectivity index (χ4n) is 4.51. The molecule has 1 aliphatic heterocycles. The van der Waals surface area contributed by atoms with E-state index in [4.69, 9.17) is 4.84 Å². The third-order valence-electron chi connectivity index (χ3n) is 6.57. The standard InChI is InChI=1S/C29H31FN2O3/c1-3-22-16-24(10-11-25(22)17-32-14-13-26(18-32)29(33)34)20(2)31-35-19-21-9-12-27(28(30)15-21)23-7-5-4-6-8-23/h4-12,15-16,26H,3,13-14,17-19H2,1-2H3,(H,33,34)/b31-20+/t26-/m0/s1. The summed E-state index contributed by atoms with van der Waals surface area (Å²) in [4.78, 5) is 19.0. The predicted molar refractivity (Wildman–Crippen MR) is 136 cm³/mol. The summed E-state index contributed by atoms with van der Waals surface area (Å²) in [6.45, 7) is 6.35. The molecule has 0 unspecified atom stereocenters. The topological polar surface area (TPSA) is 62.1 Å². The highest BCUT2D eigenvalue weighted by Gasteiger charge is 2.28. The van der Waals surface area contributed by atoms with Gasteiger partial charge in [-0.3, -0.25) is 9.69 Å². The Kier molecular flexibility index (Phi) is 7.93. The number of rotatable bonds is 9. The first kappa shape index (κ1) is 24.6. The Balaban J connectivity index is 1.38. The maximum Gasteiger partial charge on any atom is 0.307 e. The van der Waals surface area contributed by atoms with Crippen molar-refractivity contribution < 1.29 is 19.1 Å². The van der Waals surface area contributed by atoms with E-state index < -0.39 is 5.97 Å². The monoisotopic (exact) mass is 474 g/mol. The second kappa shape index (κ2) is 11.3. The van der Waals surface area contributed by atoms with Crippen LogP contribution in [0.15, 0.2) is 71.9 Å². The normalized spacial score (nSPS) is 16.4. The lowest BCUT2D eigenvalue weighted by Gasteiger charge is -2.18. The first-order chi connectivity index (χ1) is 16.9. The molecule has 1 fully saturated rings. The number of carboxylic acid groups (broad SMARTS) is 1. The average Bonchev–Trinajstić information content (AvgIpc) is 3.34. The van der Waals surface area contributed by atoms with Crippen molar-refractivity contribution in [3.63, 3.8) is 0 Å². The summed E-state index contributed by atoms with van der Waals surface area (Å²) in [5, 5.41) is 13.5. The Bertz CT molecular complexity index is 1210. The van der Waals surface area contributed by atoms with Crippen LogP contribution < -0.4 is 0 Å². The Hall–Kier alpha value is -3.51. The van der Waals surface area contributed by atoms with Gasteiger partial charge in [-0.2, -0.15) is 0 Å². The van der Waals surface area contributed by atoms with Gasteiger partial charge in [0.25, 0.3) is 0 Å². The summed E-state index contributed by atoms with van der Waals surface area (Å²) < 4.78 is 14.6. The van der Waals surface area contributed by atoms with Crippen LogP contribution in [0.5, 0.6) is 0 Å². The molecule has 1 heterocycles. The third kappa shape index (κ3) is 6.14. The lowest BCUT2D eigenvalue weighted by molar-refractivity contribution is -0.141. The zero-order valence-electron chi connectivity index (χ0n) is 20.2.